The molecule has 0 aromatic heterocycles. The van der Waals surface area contributed by atoms with Gasteiger partial charge < -0.3 is 5.73 Å². The molecule has 0 amide bonds. The molecule has 2 N–H and O–H groups in total. The van der Waals surface area contributed by atoms with Crippen molar-refractivity contribution in [3.05, 3.63) is 12.2 Å². The summed E-state index contributed by atoms with van der Waals surface area (Å²) in [6.45, 7) is 8.40. The molecule has 0 bridgehead atoms. The summed E-state index contributed by atoms with van der Waals surface area (Å²) in [5.74, 6) is 0. The van der Waals surface area contributed by atoms with Gasteiger partial charge in [-0.25, -0.2) is 0 Å². The zero-order valence-electron chi connectivity index (χ0n) is 7.69. The van der Waals surface area contributed by atoms with Gasteiger partial charge in [0.05, 0.1) is 0 Å². The first-order valence-electron chi connectivity index (χ1n) is 4.51. The molecule has 1 saturated carbocycles. The summed E-state index contributed by atoms with van der Waals surface area (Å²) < 4.78 is 0. The first kappa shape index (κ1) is 8.79. The fraction of sp³-hybridized carbons (Fsp3) is 0.800. The van der Waals surface area contributed by atoms with Crippen molar-refractivity contribution in [2.45, 2.75) is 45.6 Å². The van der Waals surface area contributed by atoms with Crippen molar-refractivity contribution in [2.75, 3.05) is 0 Å². The Labute approximate surface area is 69.7 Å². The Morgan fingerprint density at radius 2 is 2.18 bits per heavy atom. The summed E-state index contributed by atoms with van der Waals surface area (Å²) in [5, 5.41) is 0. The highest BCUT2D eigenvalue weighted by Crippen LogP contribution is 2.48. The molecule has 1 heteroatoms. The van der Waals surface area contributed by atoms with Gasteiger partial charge in [-0.15, -0.1) is 0 Å². The molecule has 0 radical (unpaired) electrons. The number of rotatable bonds is 4. The molecule has 1 fully saturated rings. The first-order chi connectivity index (χ1) is 5.08. The Bertz CT molecular complexity index is 156. The van der Waals surface area contributed by atoms with Crippen LogP contribution in [0.3, 0.4) is 0 Å². The lowest BCUT2D eigenvalue weighted by Gasteiger charge is -2.19. The largest absolute Gasteiger partial charge is 0.327 e. The minimum absolute atomic E-state index is 0.356. The van der Waals surface area contributed by atoms with Crippen molar-refractivity contribution < 1.29 is 0 Å². The van der Waals surface area contributed by atoms with E-state index in [2.05, 4.69) is 20.4 Å². The van der Waals surface area contributed by atoms with Gasteiger partial charge in [0, 0.05) is 6.04 Å². The van der Waals surface area contributed by atoms with E-state index in [9.17, 15) is 0 Å². The highest BCUT2D eigenvalue weighted by Gasteiger charge is 2.42. The quantitative estimate of drug-likeness (QED) is 0.617. The van der Waals surface area contributed by atoms with Crippen LogP contribution >= 0.6 is 0 Å². The van der Waals surface area contributed by atoms with E-state index in [4.69, 9.17) is 5.73 Å². The van der Waals surface area contributed by atoms with Crippen molar-refractivity contribution in [2.24, 2.45) is 11.1 Å². The number of nitrogens with two attached hydrogens (primary N) is 1. The molecule has 0 aromatic rings. The van der Waals surface area contributed by atoms with Crippen molar-refractivity contribution in [1.29, 1.82) is 0 Å². The summed E-state index contributed by atoms with van der Waals surface area (Å²) >= 11 is 0. The molecule has 0 aliphatic heterocycles. The molecule has 1 atom stereocenters. The molecule has 64 valence electrons. The van der Waals surface area contributed by atoms with Crippen molar-refractivity contribution >= 4 is 0 Å². The van der Waals surface area contributed by atoms with Crippen LogP contribution in [-0.2, 0) is 0 Å². The van der Waals surface area contributed by atoms with Crippen LogP contribution in [0.25, 0.3) is 0 Å². The number of hydrogen-bond donors (Lipinski definition) is 1. The average Bonchev–Trinajstić information content (AvgIpc) is 2.69. The Hall–Kier alpha value is -0.300. The van der Waals surface area contributed by atoms with E-state index in [-0.39, 0.29) is 0 Å². The molecule has 0 saturated heterocycles. The average molecular weight is 153 g/mol. The summed E-state index contributed by atoms with van der Waals surface area (Å²) in [5.41, 5.74) is 7.78. The molecule has 1 aliphatic rings. The minimum atomic E-state index is 0.356. The zero-order valence-corrected chi connectivity index (χ0v) is 7.69. The fourth-order valence-corrected chi connectivity index (χ4v) is 1.27. The number of hydrogen-bond acceptors (Lipinski definition) is 1. The van der Waals surface area contributed by atoms with E-state index in [1.807, 2.05) is 0 Å². The Morgan fingerprint density at radius 1 is 1.64 bits per heavy atom. The maximum Gasteiger partial charge on any atom is 0.0130 e. The highest BCUT2D eigenvalue weighted by atomic mass is 14.7. The van der Waals surface area contributed by atoms with Gasteiger partial charge in [-0.2, -0.15) is 0 Å². The monoisotopic (exact) mass is 153 g/mol. The Morgan fingerprint density at radius 3 is 2.55 bits per heavy atom. The van der Waals surface area contributed by atoms with Crippen LogP contribution < -0.4 is 5.73 Å². The van der Waals surface area contributed by atoms with E-state index < -0.39 is 0 Å². The maximum absolute atomic E-state index is 6.03. The standard InChI is InChI=1S/C10H19N/c1-4-8(2)7-9(11)10(3)5-6-10/h9H,2,4-7,11H2,1,3H3. The van der Waals surface area contributed by atoms with E-state index in [0.717, 1.165) is 12.8 Å². The molecule has 1 unspecified atom stereocenters. The lowest BCUT2D eigenvalue weighted by Crippen LogP contribution is -2.29. The summed E-state index contributed by atoms with van der Waals surface area (Å²) in [6, 6.07) is 0.356. The van der Waals surface area contributed by atoms with Gasteiger partial charge in [-0.3, -0.25) is 0 Å². The maximum atomic E-state index is 6.03. The van der Waals surface area contributed by atoms with Crippen molar-refractivity contribution in [3.8, 4) is 0 Å². The third kappa shape index (κ3) is 2.06. The topological polar surface area (TPSA) is 26.0 Å². The predicted octanol–water partition coefficient (Wildman–Crippen LogP) is 2.47. The van der Waals surface area contributed by atoms with Gasteiger partial charge in [-0.1, -0.05) is 26.0 Å². The second-order valence-electron chi connectivity index (χ2n) is 4.07. The molecule has 1 aliphatic carbocycles. The minimum Gasteiger partial charge on any atom is -0.327 e. The van der Waals surface area contributed by atoms with Gasteiger partial charge in [0.15, 0.2) is 0 Å². The zero-order chi connectivity index (χ0) is 8.48. The third-order valence-electron chi connectivity index (χ3n) is 2.94. The van der Waals surface area contributed by atoms with Gasteiger partial charge in [0.1, 0.15) is 0 Å². The lowest BCUT2D eigenvalue weighted by molar-refractivity contribution is 0.430. The van der Waals surface area contributed by atoms with Gasteiger partial charge >= 0.3 is 0 Å². The van der Waals surface area contributed by atoms with Crippen molar-refractivity contribution in [3.63, 3.8) is 0 Å². The fourth-order valence-electron chi connectivity index (χ4n) is 1.27. The van der Waals surface area contributed by atoms with Crippen LogP contribution in [-0.4, -0.2) is 6.04 Å². The van der Waals surface area contributed by atoms with Crippen LogP contribution in [0.5, 0.6) is 0 Å². The van der Waals surface area contributed by atoms with Crippen LogP contribution in [0.2, 0.25) is 0 Å². The SMILES string of the molecule is C=C(CC)CC(N)C1(C)CC1. The summed E-state index contributed by atoms with van der Waals surface area (Å²) in [6.07, 6.45) is 4.72. The molecule has 1 rings (SSSR count). The smallest absolute Gasteiger partial charge is 0.0130 e. The Kier molecular flexibility index (Phi) is 2.38. The molecule has 0 spiro atoms. The molecule has 11 heavy (non-hydrogen) atoms. The van der Waals surface area contributed by atoms with Crippen LogP contribution in [0.1, 0.15) is 39.5 Å². The van der Waals surface area contributed by atoms with E-state index >= 15 is 0 Å². The van der Waals surface area contributed by atoms with E-state index in [1.165, 1.54) is 18.4 Å². The second kappa shape index (κ2) is 2.98. The summed E-state index contributed by atoms with van der Waals surface area (Å²) in [7, 11) is 0. The molecular formula is C10H19N. The summed E-state index contributed by atoms with van der Waals surface area (Å²) in [4.78, 5) is 0. The second-order valence-corrected chi connectivity index (χ2v) is 4.07. The van der Waals surface area contributed by atoms with Crippen LogP contribution in [0.4, 0.5) is 0 Å². The first-order valence-corrected chi connectivity index (χ1v) is 4.51. The van der Waals surface area contributed by atoms with Gasteiger partial charge in [0.2, 0.25) is 0 Å². The van der Waals surface area contributed by atoms with Gasteiger partial charge in [-0.05, 0) is 31.1 Å². The van der Waals surface area contributed by atoms with Crippen LogP contribution in [0.15, 0.2) is 12.2 Å². The van der Waals surface area contributed by atoms with Gasteiger partial charge in [0.25, 0.3) is 0 Å². The lowest BCUT2D eigenvalue weighted by atomic mass is 9.93. The molecule has 0 heterocycles. The predicted molar refractivity (Wildman–Crippen MR) is 49.4 cm³/mol. The Balaban J connectivity index is 2.31. The highest BCUT2D eigenvalue weighted by molar-refractivity contribution is 5.05. The molecule has 0 aromatic carbocycles. The third-order valence-corrected chi connectivity index (χ3v) is 2.94. The normalized spacial score (nSPS) is 22.8. The molecule has 1 nitrogen and oxygen atoms in total. The van der Waals surface area contributed by atoms with Crippen molar-refractivity contribution in [1.82, 2.24) is 0 Å². The van der Waals surface area contributed by atoms with E-state index in [1.54, 1.807) is 0 Å². The van der Waals surface area contributed by atoms with E-state index in [0.29, 0.717) is 11.5 Å². The molecular weight excluding hydrogens is 134 g/mol. The van der Waals surface area contributed by atoms with Crippen LogP contribution in [0, 0.1) is 5.41 Å².